The van der Waals surface area contributed by atoms with E-state index < -0.39 is 16.6 Å². The van der Waals surface area contributed by atoms with Crippen molar-refractivity contribution >= 4 is 31.6 Å². The van der Waals surface area contributed by atoms with E-state index in [0.717, 1.165) is 0 Å². The first-order chi connectivity index (χ1) is 9.88. The van der Waals surface area contributed by atoms with Crippen LogP contribution in [0.15, 0.2) is 57.9 Å². The van der Waals surface area contributed by atoms with Gasteiger partial charge in [0.1, 0.15) is 5.75 Å². The molecule has 0 heterocycles. The average Bonchev–Trinajstić information content (AvgIpc) is 2.40. The van der Waals surface area contributed by atoms with Crippen LogP contribution in [0.1, 0.15) is 0 Å². The van der Waals surface area contributed by atoms with Gasteiger partial charge < -0.3 is 4.74 Å². The van der Waals surface area contributed by atoms with E-state index in [9.17, 15) is 17.2 Å². The summed E-state index contributed by atoms with van der Waals surface area (Å²) in [6, 6.07) is 11.6. The summed E-state index contributed by atoms with van der Waals surface area (Å²) in [5.74, 6) is -0.244. The largest absolute Gasteiger partial charge is 0.433 e. The van der Waals surface area contributed by atoms with Crippen LogP contribution in [-0.4, -0.2) is 15.0 Å². The number of hydrogen-bond acceptors (Lipinski definition) is 3. The van der Waals surface area contributed by atoms with Crippen LogP contribution in [0.25, 0.3) is 0 Å². The van der Waals surface area contributed by atoms with Crippen molar-refractivity contribution < 1.29 is 21.9 Å². The van der Waals surface area contributed by atoms with Crippen LogP contribution in [0.2, 0.25) is 0 Å². The summed E-state index contributed by atoms with van der Waals surface area (Å²) < 4.78 is 56.1. The van der Waals surface area contributed by atoms with Gasteiger partial charge >= 0.3 is 6.61 Å². The summed E-state index contributed by atoms with van der Waals surface area (Å²) in [5, 5.41) is 0. The number of hydrogen-bond donors (Lipinski definition) is 1. The number of anilines is 1. The highest BCUT2D eigenvalue weighted by atomic mass is 79.9. The molecule has 8 heteroatoms. The van der Waals surface area contributed by atoms with Crippen LogP contribution < -0.4 is 9.46 Å². The van der Waals surface area contributed by atoms with E-state index in [0.29, 0.717) is 4.47 Å². The predicted octanol–water partition coefficient (Wildman–Crippen LogP) is 3.85. The maximum atomic E-state index is 12.3. The smallest absolute Gasteiger partial charge is 0.387 e. The van der Waals surface area contributed by atoms with Gasteiger partial charge in [-0.2, -0.15) is 8.78 Å². The number of alkyl halides is 2. The van der Waals surface area contributed by atoms with Gasteiger partial charge in [0.25, 0.3) is 10.0 Å². The third-order valence-corrected chi connectivity index (χ3v) is 4.31. The zero-order valence-electron chi connectivity index (χ0n) is 10.5. The summed E-state index contributed by atoms with van der Waals surface area (Å²) >= 11 is 3.17. The molecule has 0 aromatic heterocycles. The van der Waals surface area contributed by atoms with Gasteiger partial charge in [0.2, 0.25) is 0 Å². The Hall–Kier alpha value is -1.67. The van der Waals surface area contributed by atoms with E-state index in [4.69, 9.17) is 0 Å². The minimum absolute atomic E-state index is 0.00345. The first-order valence-corrected chi connectivity index (χ1v) is 7.98. The van der Waals surface area contributed by atoms with E-state index in [1.54, 1.807) is 12.1 Å². The molecule has 21 heavy (non-hydrogen) atoms. The molecule has 0 bridgehead atoms. The van der Waals surface area contributed by atoms with E-state index in [2.05, 4.69) is 25.4 Å². The molecule has 0 unspecified atom stereocenters. The molecular weight excluding hydrogens is 368 g/mol. The second-order valence-corrected chi connectivity index (χ2v) is 6.54. The minimum Gasteiger partial charge on any atom is -0.433 e. The Kier molecular flexibility index (Phi) is 4.79. The molecule has 112 valence electrons. The Bertz CT molecular complexity index is 738. The molecule has 0 fully saturated rings. The zero-order valence-corrected chi connectivity index (χ0v) is 12.9. The van der Waals surface area contributed by atoms with Crippen LogP contribution in [-0.2, 0) is 10.0 Å². The fourth-order valence-corrected chi connectivity index (χ4v) is 3.25. The fourth-order valence-electron chi connectivity index (χ4n) is 1.59. The summed E-state index contributed by atoms with van der Waals surface area (Å²) in [5.41, 5.74) is -0.0576. The molecule has 2 aromatic carbocycles. The van der Waals surface area contributed by atoms with Crippen molar-refractivity contribution in [2.75, 3.05) is 4.72 Å². The van der Waals surface area contributed by atoms with Gasteiger partial charge in [-0.3, -0.25) is 4.72 Å². The van der Waals surface area contributed by atoms with Gasteiger partial charge in [-0.25, -0.2) is 8.42 Å². The highest BCUT2D eigenvalue weighted by molar-refractivity contribution is 9.10. The van der Waals surface area contributed by atoms with Crippen LogP contribution >= 0.6 is 15.9 Å². The Balaban J connectivity index is 2.33. The Morgan fingerprint density at radius 1 is 1.10 bits per heavy atom. The SMILES string of the molecule is O=S(=O)(Nc1ccccc1OC(F)F)c1cccc(Br)c1. The van der Waals surface area contributed by atoms with E-state index in [1.807, 2.05) is 0 Å². The number of nitrogens with one attached hydrogen (secondary N) is 1. The lowest BCUT2D eigenvalue weighted by Crippen LogP contribution is -2.14. The van der Waals surface area contributed by atoms with Crippen molar-refractivity contribution in [1.82, 2.24) is 0 Å². The second kappa shape index (κ2) is 6.40. The topological polar surface area (TPSA) is 55.4 Å². The predicted molar refractivity (Wildman–Crippen MR) is 78.0 cm³/mol. The normalized spacial score (nSPS) is 11.4. The Morgan fingerprint density at radius 3 is 2.48 bits per heavy atom. The molecule has 0 aliphatic rings. The van der Waals surface area contributed by atoms with Crippen LogP contribution in [0.3, 0.4) is 0 Å². The lowest BCUT2D eigenvalue weighted by molar-refractivity contribution is -0.0493. The van der Waals surface area contributed by atoms with Gasteiger partial charge in [0, 0.05) is 4.47 Å². The molecule has 0 aliphatic carbocycles. The van der Waals surface area contributed by atoms with Gasteiger partial charge in [-0.15, -0.1) is 0 Å². The molecule has 0 aliphatic heterocycles. The Labute approximate surface area is 128 Å². The monoisotopic (exact) mass is 377 g/mol. The number of para-hydroxylation sites is 2. The maximum absolute atomic E-state index is 12.3. The summed E-state index contributed by atoms with van der Waals surface area (Å²) in [4.78, 5) is 0.00345. The first-order valence-electron chi connectivity index (χ1n) is 5.71. The van der Waals surface area contributed by atoms with Gasteiger partial charge in [-0.1, -0.05) is 34.1 Å². The minimum atomic E-state index is -3.90. The number of sulfonamides is 1. The summed E-state index contributed by atoms with van der Waals surface area (Å²) in [7, 11) is -3.90. The zero-order chi connectivity index (χ0) is 15.5. The summed E-state index contributed by atoms with van der Waals surface area (Å²) in [6.45, 7) is -3.04. The highest BCUT2D eigenvalue weighted by Gasteiger charge is 2.18. The molecule has 1 N–H and O–H groups in total. The van der Waals surface area contributed by atoms with Crippen LogP contribution in [0, 0.1) is 0 Å². The second-order valence-electron chi connectivity index (χ2n) is 3.94. The van der Waals surface area contributed by atoms with Crippen molar-refractivity contribution in [2.45, 2.75) is 11.5 Å². The molecule has 0 saturated carbocycles. The molecular formula is C13H10BrF2NO3S. The lowest BCUT2D eigenvalue weighted by Gasteiger charge is -2.13. The van der Waals surface area contributed by atoms with Gasteiger partial charge in [0.15, 0.2) is 0 Å². The van der Waals surface area contributed by atoms with Crippen LogP contribution in [0.5, 0.6) is 5.75 Å². The van der Waals surface area contributed by atoms with Crippen molar-refractivity contribution in [3.05, 3.63) is 53.0 Å². The quantitative estimate of drug-likeness (QED) is 0.860. The molecule has 2 rings (SSSR count). The van der Waals surface area contributed by atoms with Crippen molar-refractivity contribution in [2.24, 2.45) is 0 Å². The Morgan fingerprint density at radius 2 is 1.81 bits per heavy atom. The van der Waals surface area contributed by atoms with Crippen LogP contribution in [0.4, 0.5) is 14.5 Å². The number of halogens is 3. The number of rotatable bonds is 5. The van der Waals surface area contributed by atoms with Gasteiger partial charge in [-0.05, 0) is 30.3 Å². The number of benzene rings is 2. The molecule has 0 amide bonds. The average molecular weight is 378 g/mol. The summed E-state index contributed by atoms with van der Waals surface area (Å²) in [6.07, 6.45) is 0. The molecule has 0 atom stereocenters. The molecule has 0 saturated heterocycles. The van der Waals surface area contributed by atoms with E-state index >= 15 is 0 Å². The van der Waals surface area contributed by atoms with E-state index in [1.165, 1.54) is 36.4 Å². The lowest BCUT2D eigenvalue weighted by atomic mass is 10.3. The van der Waals surface area contributed by atoms with E-state index in [-0.39, 0.29) is 16.3 Å². The standard InChI is InChI=1S/C13H10BrF2NO3S/c14-9-4-3-5-10(8-9)21(18,19)17-11-6-1-2-7-12(11)20-13(15)16/h1-8,13,17H. The molecule has 2 aromatic rings. The molecule has 0 radical (unpaired) electrons. The molecule has 4 nitrogen and oxygen atoms in total. The first kappa shape index (κ1) is 15.7. The highest BCUT2D eigenvalue weighted by Crippen LogP contribution is 2.28. The van der Waals surface area contributed by atoms with Crippen molar-refractivity contribution in [1.29, 1.82) is 0 Å². The third kappa shape index (κ3) is 4.15. The molecule has 0 spiro atoms. The number of ether oxygens (including phenoxy) is 1. The maximum Gasteiger partial charge on any atom is 0.387 e. The fraction of sp³-hybridized carbons (Fsp3) is 0.0769. The third-order valence-electron chi connectivity index (χ3n) is 2.45. The van der Waals surface area contributed by atoms with Crippen molar-refractivity contribution in [3.63, 3.8) is 0 Å². The van der Waals surface area contributed by atoms with Crippen molar-refractivity contribution in [3.8, 4) is 5.75 Å². The van der Waals surface area contributed by atoms with Gasteiger partial charge in [0.05, 0.1) is 10.6 Å².